The molecule has 0 atom stereocenters. The van der Waals surface area contributed by atoms with E-state index in [0.29, 0.717) is 35.4 Å². The number of nitrogens with one attached hydrogen (secondary N) is 1. The first-order valence-electron chi connectivity index (χ1n) is 8.37. The first-order chi connectivity index (χ1) is 12.5. The van der Waals surface area contributed by atoms with Crippen molar-refractivity contribution < 1.29 is 14.3 Å². The minimum atomic E-state index is -0.243. The van der Waals surface area contributed by atoms with Crippen LogP contribution in [0.1, 0.15) is 25.8 Å². The van der Waals surface area contributed by atoms with Crippen LogP contribution in [0.4, 0.5) is 5.69 Å². The number of anilines is 1. The molecule has 1 amide bonds. The summed E-state index contributed by atoms with van der Waals surface area (Å²) in [6.45, 7) is 5.14. The van der Waals surface area contributed by atoms with Gasteiger partial charge in [0, 0.05) is 16.2 Å². The Balaban J connectivity index is 2.06. The summed E-state index contributed by atoms with van der Waals surface area (Å²) in [5.41, 5.74) is 1.48. The molecule has 2 aromatic carbocycles. The van der Waals surface area contributed by atoms with Gasteiger partial charge in [-0.3, -0.25) is 4.79 Å². The number of carbonyl (C=O) groups excluding carboxylic acids is 1. The molecule has 1 N–H and O–H groups in total. The van der Waals surface area contributed by atoms with E-state index < -0.39 is 0 Å². The summed E-state index contributed by atoms with van der Waals surface area (Å²) in [5.74, 6) is 1.13. The van der Waals surface area contributed by atoms with E-state index in [2.05, 4.69) is 28.2 Å². The molecule has 0 radical (unpaired) electrons. The minimum Gasteiger partial charge on any atom is -0.490 e. The van der Waals surface area contributed by atoms with Gasteiger partial charge in [0.15, 0.2) is 11.5 Å². The molecule has 4 nitrogen and oxygen atoms in total. The summed E-state index contributed by atoms with van der Waals surface area (Å²) in [6, 6.07) is 10.8. The van der Waals surface area contributed by atoms with Crippen LogP contribution in [0.25, 0.3) is 6.08 Å². The number of carbonyl (C=O) groups is 1. The third-order valence-corrected chi connectivity index (χ3v) is 4.58. The van der Waals surface area contributed by atoms with Gasteiger partial charge in [0.1, 0.15) is 0 Å². The highest BCUT2D eigenvalue weighted by atomic mass is 79.9. The minimum absolute atomic E-state index is 0.243. The number of halogens is 2. The predicted octanol–water partition coefficient (Wildman–Crippen LogP) is 5.94. The number of hydrogen-bond acceptors (Lipinski definition) is 3. The summed E-state index contributed by atoms with van der Waals surface area (Å²) in [5, 5.41) is 3.31. The molecule has 0 saturated carbocycles. The lowest BCUT2D eigenvalue weighted by atomic mass is 10.2. The molecule has 0 aliphatic rings. The van der Waals surface area contributed by atoms with Gasteiger partial charge in [-0.05, 0) is 71.2 Å². The summed E-state index contributed by atoms with van der Waals surface area (Å²) < 4.78 is 12.1. The monoisotopic (exact) mass is 437 g/mol. The Labute approximate surface area is 167 Å². The van der Waals surface area contributed by atoms with E-state index in [0.717, 1.165) is 16.5 Å². The molecule has 0 saturated heterocycles. The third-order valence-electron chi connectivity index (χ3n) is 3.34. The lowest BCUT2D eigenvalue weighted by Gasteiger charge is -2.12. The molecular formula is C20H21BrClNO3. The quantitative estimate of drug-likeness (QED) is 0.519. The van der Waals surface area contributed by atoms with E-state index in [4.69, 9.17) is 21.1 Å². The second kappa shape index (κ2) is 10.2. The molecule has 0 fully saturated rings. The van der Waals surface area contributed by atoms with Gasteiger partial charge in [0.2, 0.25) is 5.91 Å². The molecule has 0 heterocycles. The summed E-state index contributed by atoms with van der Waals surface area (Å²) >= 11 is 9.34. The van der Waals surface area contributed by atoms with Gasteiger partial charge in [-0.1, -0.05) is 24.6 Å². The van der Waals surface area contributed by atoms with Gasteiger partial charge in [0.05, 0.1) is 18.2 Å². The summed E-state index contributed by atoms with van der Waals surface area (Å²) in [7, 11) is 0. The van der Waals surface area contributed by atoms with Crippen molar-refractivity contribution in [2.45, 2.75) is 20.3 Å². The van der Waals surface area contributed by atoms with Gasteiger partial charge in [-0.25, -0.2) is 0 Å². The number of benzene rings is 2. The van der Waals surface area contributed by atoms with Crippen molar-refractivity contribution in [3.05, 3.63) is 57.5 Å². The zero-order valence-corrected chi connectivity index (χ0v) is 17.1. The normalized spacial score (nSPS) is 10.8. The van der Waals surface area contributed by atoms with Crippen molar-refractivity contribution >= 4 is 45.2 Å². The first-order valence-corrected chi connectivity index (χ1v) is 9.54. The predicted molar refractivity (Wildman–Crippen MR) is 110 cm³/mol. The standard InChI is InChI=1S/C20H21BrClNO3/c1-3-11-26-18-9-5-14(12-19(18)25-4-2)6-10-20(24)23-15-7-8-16(21)17(22)13-15/h5-10,12-13H,3-4,11H2,1-2H3,(H,23,24)/b10-6+. The van der Waals surface area contributed by atoms with Gasteiger partial charge in [-0.15, -0.1) is 0 Å². The molecule has 0 aliphatic heterocycles. The summed E-state index contributed by atoms with van der Waals surface area (Å²) in [6.07, 6.45) is 4.11. The Morgan fingerprint density at radius 3 is 2.65 bits per heavy atom. The average molecular weight is 439 g/mol. The Morgan fingerprint density at radius 1 is 1.15 bits per heavy atom. The number of hydrogen-bond donors (Lipinski definition) is 1. The fraction of sp³-hybridized carbons (Fsp3) is 0.250. The highest BCUT2D eigenvalue weighted by molar-refractivity contribution is 9.10. The molecule has 0 aliphatic carbocycles. The molecule has 6 heteroatoms. The number of ether oxygens (including phenoxy) is 2. The van der Waals surface area contributed by atoms with Gasteiger partial charge in [0.25, 0.3) is 0 Å². The second-order valence-corrected chi connectivity index (χ2v) is 6.70. The van der Waals surface area contributed by atoms with Crippen LogP contribution in [0.5, 0.6) is 11.5 Å². The van der Waals surface area contributed by atoms with E-state index in [-0.39, 0.29) is 5.91 Å². The molecule has 0 aromatic heterocycles. The molecule has 138 valence electrons. The van der Waals surface area contributed by atoms with Crippen LogP contribution in [-0.4, -0.2) is 19.1 Å². The van der Waals surface area contributed by atoms with Gasteiger partial charge < -0.3 is 14.8 Å². The van der Waals surface area contributed by atoms with Crippen molar-refractivity contribution in [1.29, 1.82) is 0 Å². The van der Waals surface area contributed by atoms with Crippen molar-refractivity contribution in [3.63, 3.8) is 0 Å². The van der Waals surface area contributed by atoms with Crippen LogP contribution in [0.15, 0.2) is 46.9 Å². The van der Waals surface area contributed by atoms with E-state index in [9.17, 15) is 4.79 Å². The zero-order valence-electron chi connectivity index (χ0n) is 14.7. The highest BCUT2D eigenvalue weighted by Gasteiger charge is 2.06. The topological polar surface area (TPSA) is 47.6 Å². The van der Waals surface area contributed by atoms with Gasteiger partial charge >= 0.3 is 0 Å². The van der Waals surface area contributed by atoms with Crippen molar-refractivity contribution in [2.75, 3.05) is 18.5 Å². The number of amides is 1. The van der Waals surface area contributed by atoms with Crippen LogP contribution >= 0.6 is 27.5 Å². The average Bonchev–Trinajstić information content (AvgIpc) is 2.62. The van der Waals surface area contributed by atoms with Gasteiger partial charge in [-0.2, -0.15) is 0 Å². The van der Waals surface area contributed by atoms with E-state index in [1.807, 2.05) is 25.1 Å². The van der Waals surface area contributed by atoms with Crippen LogP contribution in [0.3, 0.4) is 0 Å². The number of rotatable bonds is 8. The Morgan fingerprint density at radius 2 is 1.96 bits per heavy atom. The van der Waals surface area contributed by atoms with Crippen LogP contribution in [-0.2, 0) is 4.79 Å². The fourth-order valence-electron chi connectivity index (χ4n) is 2.16. The van der Waals surface area contributed by atoms with E-state index in [1.54, 1.807) is 24.3 Å². The molecule has 0 spiro atoms. The molecule has 2 rings (SSSR count). The van der Waals surface area contributed by atoms with Crippen LogP contribution < -0.4 is 14.8 Å². The lowest BCUT2D eigenvalue weighted by molar-refractivity contribution is -0.111. The Hall–Kier alpha value is -1.98. The van der Waals surface area contributed by atoms with Crippen molar-refractivity contribution in [1.82, 2.24) is 0 Å². The molecule has 0 bridgehead atoms. The van der Waals surface area contributed by atoms with Crippen molar-refractivity contribution in [3.8, 4) is 11.5 Å². The maximum absolute atomic E-state index is 12.1. The highest BCUT2D eigenvalue weighted by Crippen LogP contribution is 2.29. The Bertz CT molecular complexity index is 793. The maximum Gasteiger partial charge on any atom is 0.248 e. The lowest BCUT2D eigenvalue weighted by Crippen LogP contribution is -2.07. The van der Waals surface area contributed by atoms with E-state index >= 15 is 0 Å². The van der Waals surface area contributed by atoms with Crippen LogP contribution in [0, 0.1) is 0 Å². The SMILES string of the molecule is CCCOc1ccc(/C=C/C(=O)Nc2ccc(Br)c(Cl)c2)cc1OCC. The molecular weight excluding hydrogens is 418 g/mol. The molecule has 2 aromatic rings. The second-order valence-electron chi connectivity index (χ2n) is 5.44. The fourth-order valence-corrected chi connectivity index (χ4v) is 2.58. The first kappa shape index (κ1) is 20.3. The Kier molecular flexibility index (Phi) is 8.01. The van der Waals surface area contributed by atoms with Crippen LogP contribution in [0.2, 0.25) is 5.02 Å². The molecule has 0 unspecified atom stereocenters. The maximum atomic E-state index is 12.1. The summed E-state index contributed by atoms with van der Waals surface area (Å²) in [4.78, 5) is 12.1. The smallest absolute Gasteiger partial charge is 0.248 e. The zero-order chi connectivity index (χ0) is 18.9. The largest absolute Gasteiger partial charge is 0.490 e. The third kappa shape index (κ3) is 6.07. The van der Waals surface area contributed by atoms with E-state index in [1.165, 1.54) is 6.08 Å². The van der Waals surface area contributed by atoms with Crippen molar-refractivity contribution in [2.24, 2.45) is 0 Å². The molecule has 26 heavy (non-hydrogen) atoms.